The molecule has 4 aliphatic rings. The van der Waals surface area contributed by atoms with Crippen molar-refractivity contribution in [3.8, 4) is 16.9 Å². The van der Waals surface area contributed by atoms with Crippen molar-refractivity contribution < 1.29 is 24.5 Å². The minimum Gasteiger partial charge on any atom is -0.493 e. The van der Waals surface area contributed by atoms with Gasteiger partial charge in [0.1, 0.15) is 5.75 Å². The molecule has 192 valence electrons. The summed E-state index contributed by atoms with van der Waals surface area (Å²) in [4.78, 5) is 22.2. The highest BCUT2D eigenvalue weighted by molar-refractivity contribution is 5.91. The number of benzene rings is 3. The highest BCUT2D eigenvalue weighted by atomic mass is 16.5. The van der Waals surface area contributed by atoms with Crippen LogP contribution in [0.25, 0.3) is 21.9 Å². The van der Waals surface area contributed by atoms with Gasteiger partial charge in [0.05, 0.1) is 12.2 Å². The van der Waals surface area contributed by atoms with Crippen molar-refractivity contribution in [1.29, 1.82) is 0 Å². The van der Waals surface area contributed by atoms with Gasteiger partial charge in [-0.15, -0.1) is 0 Å². The van der Waals surface area contributed by atoms with Crippen LogP contribution in [0.15, 0.2) is 54.6 Å². The van der Waals surface area contributed by atoms with Crippen LogP contribution < -0.4 is 4.74 Å². The molecule has 4 aliphatic carbocycles. The average molecular weight is 499 g/mol. The van der Waals surface area contributed by atoms with E-state index in [4.69, 9.17) is 9.84 Å². The zero-order valence-corrected chi connectivity index (χ0v) is 21.1. The topological polar surface area (TPSA) is 83.8 Å². The average Bonchev–Trinajstić information content (AvgIpc) is 2.87. The van der Waals surface area contributed by atoms with E-state index in [1.807, 2.05) is 12.1 Å². The van der Waals surface area contributed by atoms with E-state index in [0.29, 0.717) is 18.6 Å². The van der Waals surface area contributed by atoms with Crippen LogP contribution in [0.1, 0.15) is 73.7 Å². The van der Waals surface area contributed by atoms with Crippen molar-refractivity contribution in [2.75, 3.05) is 6.61 Å². The van der Waals surface area contributed by atoms with Crippen LogP contribution >= 0.6 is 0 Å². The van der Waals surface area contributed by atoms with Gasteiger partial charge in [-0.1, -0.05) is 24.3 Å². The summed E-state index contributed by atoms with van der Waals surface area (Å²) in [5, 5.41) is 20.5. The molecule has 0 unspecified atom stereocenters. The number of rotatable bonds is 9. The molecule has 2 N–H and O–H groups in total. The summed E-state index contributed by atoms with van der Waals surface area (Å²) in [7, 11) is 0. The van der Waals surface area contributed by atoms with Crippen molar-refractivity contribution in [3.63, 3.8) is 0 Å². The van der Waals surface area contributed by atoms with Crippen LogP contribution in [-0.4, -0.2) is 28.8 Å². The number of carboxylic acids is 2. The predicted molar refractivity (Wildman–Crippen MR) is 143 cm³/mol. The quantitative estimate of drug-likeness (QED) is 0.302. The van der Waals surface area contributed by atoms with E-state index in [-0.39, 0.29) is 11.8 Å². The Morgan fingerprint density at radius 2 is 1.43 bits per heavy atom. The molecule has 4 fully saturated rings. The van der Waals surface area contributed by atoms with Gasteiger partial charge in [0, 0.05) is 12.0 Å². The van der Waals surface area contributed by atoms with E-state index in [2.05, 4.69) is 30.3 Å². The summed E-state index contributed by atoms with van der Waals surface area (Å²) in [5.74, 6) is 1.77. The molecular formula is C32H34O5. The van der Waals surface area contributed by atoms with Crippen LogP contribution in [0.3, 0.4) is 0 Å². The number of aromatic carboxylic acids is 1. The van der Waals surface area contributed by atoms with Crippen molar-refractivity contribution in [2.24, 2.45) is 17.8 Å². The van der Waals surface area contributed by atoms with Crippen LogP contribution in [0.5, 0.6) is 5.75 Å². The molecule has 7 rings (SSSR count). The van der Waals surface area contributed by atoms with Gasteiger partial charge in [0.15, 0.2) is 0 Å². The van der Waals surface area contributed by atoms with Gasteiger partial charge in [-0.3, -0.25) is 4.79 Å². The van der Waals surface area contributed by atoms with Gasteiger partial charge < -0.3 is 14.9 Å². The summed E-state index contributed by atoms with van der Waals surface area (Å²) in [5.41, 5.74) is 3.89. The Morgan fingerprint density at radius 3 is 2.05 bits per heavy atom. The lowest BCUT2D eigenvalue weighted by atomic mass is 9.48. The fourth-order valence-electron chi connectivity index (χ4n) is 7.80. The molecular weight excluding hydrogens is 464 g/mol. The standard InChI is InChI=1S/C32H34O5/c33-30(34)3-1-2-10-37-29-16-26-9-8-25(23-4-6-24(7-5-23)31(35)36)14-27(26)15-28(29)32-17-20-11-21(18-32)13-22(12-20)19-32/h4-9,14-16,20-22H,1-3,10-13,17-19H2,(H,33,34)(H,35,36). The number of carboxylic acid groups (broad SMARTS) is 2. The minimum atomic E-state index is -0.916. The molecule has 3 aromatic rings. The zero-order valence-electron chi connectivity index (χ0n) is 21.1. The zero-order chi connectivity index (χ0) is 25.6. The molecule has 0 saturated heterocycles. The van der Waals surface area contributed by atoms with E-state index in [0.717, 1.165) is 46.4 Å². The smallest absolute Gasteiger partial charge is 0.335 e. The van der Waals surface area contributed by atoms with Gasteiger partial charge in [0.25, 0.3) is 0 Å². The molecule has 0 heterocycles. The van der Waals surface area contributed by atoms with E-state index in [1.54, 1.807) is 12.1 Å². The van der Waals surface area contributed by atoms with Crippen molar-refractivity contribution >= 4 is 22.7 Å². The largest absolute Gasteiger partial charge is 0.493 e. The molecule has 0 spiro atoms. The van der Waals surface area contributed by atoms with Gasteiger partial charge in [-0.05, 0) is 127 Å². The molecule has 5 nitrogen and oxygen atoms in total. The van der Waals surface area contributed by atoms with Crippen LogP contribution in [0, 0.1) is 17.8 Å². The molecule has 0 aromatic heterocycles. The first kappa shape index (κ1) is 24.0. The summed E-state index contributed by atoms with van der Waals surface area (Å²) in [6.07, 6.45) is 9.43. The van der Waals surface area contributed by atoms with E-state index >= 15 is 0 Å². The maximum Gasteiger partial charge on any atom is 0.335 e. The lowest BCUT2D eigenvalue weighted by Crippen LogP contribution is -2.48. The molecule has 0 amide bonds. The number of carbonyl (C=O) groups is 2. The first-order valence-electron chi connectivity index (χ1n) is 13.7. The number of aliphatic carboxylic acids is 1. The maximum atomic E-state index is 11.3. The number of unbranched alkanes of at least 4 members (excludes halogenated alkanes) is 1. The van der Waals surface area contributed by atoms with E-state index in [9.17, 15) is 14.7 Å². The number of ether oxygens (including phenoxy) is 1. The van der Waals surface area contributed by atoms with Crippen molar-refractivity contribution in [1.82, 2.24) is 0 Å². The van der Waals surface area contributed by atoms with Crippen molar-refractivity contribution in [3.05, 3.63) is 65.7 Å². The summed E-state index contributed by atoms with van der Waals surface area (Å²) in [6, 6.07) is 18.0. The Morgan fingerprint density at radius 1 is 0.784 bits per heavy atom. The number of hydrogen-bond acceptors (Lipinski definition) is 3. The summed E-state index contributed by atoms with van der Waals surface area (Å²) < 4.78 is 6.42. The molecule has 4 bridgehead atoms. The summed E-state index contributed by atoms with van der Waals surface area (Å²) in [6.45, 7) is 0.534. The molecule has 5 heteroatoms. The van der Waals surface area contributed by atoms with E-state index < -0.39 is 11.9 Å². The van der Waals surface area contributed by atoms with Gasteiger partial charge in [-0.25, -0.2) is 4.79 Å². The second kappa shape index (κ2) is 9.51. The lowest BCUT2D eigenvalue weighted by Gasteiger charge is -2.57. The molecule has 3 aromatic carbocycles. The van der Waals surface area contributed by atoms with Crippen LogP contribution in [-0.2, 0) is 10.2 Å². The first-order valence-corrected chi connectivity index (χ1v) is 13.7. The third kappa shape index (κ3) is 4.72. The monoisotopic (exact) mass is 498 g/mol. The highest BCUT2D eigenvalue weighted by Gasteiger charge is 2.52. The number of hydrogen-bond donors (Lipinski definition) is 2. The predicted octanol–water partition coefficient (Wildman–Crippen LogP) is 7.31. The third-order valence-corrected chi connectivity index (χ3v) is 9.06. The van der Waals surface area contributed by atoms with E-state index in [1.165, 1.54) is 49.5 Å². The highest BCUT2D eigenvalue weighted by Crippen LogP contribution is 2.62. The van der Waals surface area contributed by atoms with Crippen molar-refractivity contribution in [2.45, 2.75) is 63.2 Å². The second-order valence-electron chi connectivity index (χ2n) is 11.7. The van der Waals surface area contributed by atoms with Gasteiger partial charge >= 0.3 is 11.9 Å². The molecule has 0 radical (unpaired) electrons. The summed E-state index contributed by atoms with van der Waals surface area (Å²) >= 11 is 0. The Bertz CT molecular complexity index is 1300. The third-order valence-electron chi connectivity index (χ3n) is 9.06. The Hall–Kier alpha value is -3.34. The lowest BCUT2D eigenvalue weighted by molar-refractivity contribution is -0.137. The van der Waals surface area contributed by atoms with Crippen LogP contribution in [0.4, 0.5) is 0 Å². The molecule has 37 heavy (non-hydrogen) atoms. The normalized spacial score (nSPS) is 25.9. The SMILES string of the molecule is O=C(O)CCCCOc1cc2ccc(-c3ccc(C(=O)O)cc3)cc2cc1C12CC3CC(CC(C3)C1)C2. The fourth-order valence-corrected chi connectivity index (χ4v) is 7.80. The molecule has 4 saturated carbocycles. The minimum absolute atomic E-state index is 0.179. The van der Waals surface area contributed by atoms with Gasteiger partial charge in [0.2, 0.25) is 0 Å². The Kier molecular flexibility index (Phi) is 6.18. The Labute approximate surface area is 217 Å². The maximum absolute atomic E-state index is 11.3. The Balaban J connectivity index is 1.36. The van der Waals surface area contributed by atoms with Crippen LogP contribution in [0.2, 0.25) is 0 Å². The molecule has 0 aliphatic heterocycles. The fraction of sp³-hybridized carbons (Fsp3) is 0.438. The number of fused-ring (bicyclic) bond motifs is 1. The molecule has 0 atom stereocenters. The first-order chi connectivity index (χ1) is 17.9. The van der Waals surface area contributed by atoms with Gasteiger partial charge in [-0.2, -0.15) is 0 Å². The second-order valence-corrected chi connectivity index (χ2v) is 11.7.